The Hall–Kier alpha value is -4.18. The third-order valence-corrected chi connectivity index (χ3v) is 4.76. The molecular formula is C26H29FN4O5. The van der Waals surface area contributed by atoms with Gasteiger partial charge in [-0.3, -0.25) is 4.79 Å². The van der Waals surface area contributed by atoms with Gasteiger partial charge in [-0.15, -0.1) is 0 Å². The second kappa shape index (κ2) is 11.5. The molecule has 36 heavy (non-hydrogen) atoms. The SMILES string of the molecule is CC(C)(C)OC(=O)NC(CC(O)Nc1cccc(-c2ccc(Oc3ccc(F)cc3)cc2)n1)C(N)=O. The minimum Gasteiger partial charge on any atom is -0.457 e. The van der Waals surface area contributed by atoms with Gasteiger partial charge in [0, 0.05) is 12.0 Å². The monoisotopic (exact) mass is 496 g/mol. The summed E-state index contributed by atoms with van der Waals surface area (Å²) in [5.41, 5.74) is 6.03. The largest absolute Gasteiger partial charge is 0.457 e. The normalized spacial score (nSPS) is 12.8. The molecule has 2 aromatic carbocycles. The molecule has 9 nitrogen and oxygen atoms in total. The summed E-state index contributed by atoms with van der Waals surface area (Å²) in [6, 6.07) is 16.9. The number of hydrogen-bond acceptors (Lipinski definition) is 7. The number of aromatic nitrogens is 1. The molecule has 0 radical (unpaired) electrons. The summed E-state index contributed by atoms with van der Waals surface area (Å²) in [6.07, 6.45) is -2.24. The van der Waals surface area contributed by atoms with Gasteiger partial charge in [-0.1, -0.05) is 6.07 Å². The molecule has 2 unspecified atom stereocenters. The third-order valence-electron chi connectivity index (χ3n) is 4.76. The second-order valence-corrected chi connectivity index (χ2v) is 8.99. The van der Waals surface area contributed by atoms with Crippen molar-refractivity contribution in [2.24, 2.45) is 5.73 Å². The summed E-state index contributed by atoms with van der Waals surface area (Å²) in [5, 5.41) is 15.6. The number of carbonyl (C=O) groups is 2. The number of halogens is 1. The number of amides is 2. The van der Waals surface area contributed by atoms with Gasteiger partial charge in [0.25, 0.3) is 0 Å². The fourth-order valence-corrected chi connectivity index (χ4v) is 3.16. The number of benzene rings is 2. The zero-order valence-electron chi connectivity index (χ0n) is 20.2. The van der Waals surface area contributed by atoms with Gasteiger partial charge in [-0.25, -0.2) is 14.2 Å². The predicted molar refractivity (Wildman–Crippen MR) is 133 cm³/mol. The standard InChI is InChI=1S/C26H29FN4O5/c1-26(2,3)36-25(34)30-21(24(28)33)15-23(32)31-22-6-4-5-20(29-22)16-7-11-18(12-8-16)35-19-13-9-17(27)10-14-19/h4-14,21,23,32H,15H2,1-3H3,(H2,28,33)(H,29,31)(H,30,34). The van der Waals surface area contributed by atoms with E-state index in [4.69, 9.17) is 15.2 Å². The molecule has 0 fully saturated rings. The van der Waals surface area contributed by atoms with Gasteiger partial charge in [0.15, 0.2) is 0 Å². The van der Waals surface area contributed by atoms with E-state index in [0.717, 1.165) is 5.56 Å². The fraction of sp³-hybridized carbons (Fsp3) is 0.269. The molecule has 1 heterocycles. The number of pyridine rings is 1. The first-order chi connectivity index (χ1) is 17.0. The zero-order chi connectivity index (χ0) is 26.3. The lowest BCUT2D eigenvalue weighted by molar-refractivity contribution is -0.120. The lowest BCUT2D eigenvalue weighted by Gasteiger charge is -2.24. The number of nitrogens with two attached hydrogens (primary N) is 1. The lowest BCUT2D eigenvalue weighted by atomic mass is 10.1. The van der Waals surface area contributed by atoms with Crippen LogP contribution in [0.5, 0.6) is 11.5 Å². The molecule has 0 aliphatic rings. The first-order valence-electron chi connectivity index (χ1n) is 11.2. The van der Waals surface area contributed by atoms with Gasteiger partial charge in [0.05, 0.1) is 5.69 Å². The number of carbonyl (C=O) groups excluding carboxylic acids is 2. The molecular weight excluding hydrogens is 467 g/mol. The van der Waals surface area contributed by atoms with E-state index in [1.54, 1.807) is 51.1 Å². The van der Waals surface area contributed by atoms with Crippen LogP contribution in [0.4, 0.5) is 15.0 Å². The van der Waals surface area contributed by atoms with Crippen molar-refractivity contribution in [2.75, 3.05) is 5.32 Å². The van der Waals surface area contributed by atoms with Crippen LogP contribution < -0.4 is 21.1 Å². The van der Waals surface area contributed by atoms with E-state index in [1.165, 1.54) is 24.3 Å². The smallest absolute Gasteiger partial charge is 0.408 e. The highest BCUT2D eigenvalue weighted by Gasteiger charge is 2.25. The summed E-state index contributed by atoms with van der Waals surface area (Å²) in [6.45, 7) is 5.06. The van der Waals surface area contributed by atoms with Gasteiger partial charge in [-0.05, 0) is 81.4 Å². The zero-order valence-corrected chi connectivity index (χ0v) is 20.2. The average Bonchev–Trinajstić information content (AvgIpc) is 2.79. The minimum absolute atomic E-state index is 0.199. The molecule has 2 atom stereocenters. The Labute approximate surface area is 208 Å². The molecule has 2 amide bonds. The Morgan fingerprint density at radius 3 is 2.22 bits per heavy atom. The number of nitrogens with one attached hydrogen (secondary N) is 2. The van der Waals surface area contributed by atoms with Crippen LogP contribution in [0, 0.1) is 5.82 Å². The summed E-state index contributed by atoms with van der Waals surface area (Å²) >= 11 is 0. The van der Waals surface area contributed by atoms with Gasteiger partial charge >= 0.3 is 6.09 Å². The Bertz CT molecular complexity index is 1180. The Morgan fingerprint density at radius 1 is 1.03 bits per heavy atom. The van der Waals surface area contributed by atoms with Gasteiger partial charge in [0.2, 0.25) is 5.91 Å². The Morgan fingerprint density at radius 2 is 1.64 bits per heavy atom. The number of aliphatic hydroxyl groups is 1. The molecule has 10 heteroatoms. The molecule has 3 rings (SSSR count). The molecule has 0 saturated heterocycles. The van der Waals surface area contributed by atoms with Crippen LogP contribution in [0.2, 0.25) is 0 Å². The lowest BCUT2D eigenvalue weighted by Crippen LogP contribution is -2.48. The topological polar surface area (TPSA) is 136 Å². The predicted octanol–water partition coefficient (Wildman–Crippen LogP) is 4.18. The van der Waals surface area contributed by atoms with E-state index >= 15 is 0 Å². The summed E-state index contributed by atoms with van der Waals surface area (Å²) in [5.74, 6) is 0.285. The molecule has 5 N–H and O–H groups in total. The highest BCUT2D eigenvalue weighted by atomic mass is 19.1. The van der Waals surface area contributed by atoms with Crippen molar-refractivity contribution in [3.63, 3.8) is 0 Å². The number of hydrogen-bond donors (Lipinski definition) is 4. The number of alkyl carbamates (subject to hydrolysis) is 1. The minimum atomic E-state index is -1.23. The number of primary amides is 1. The Balaban J connectivity index is 1.62. The van der Waals surface area contributed by atoms with Crippen molar-refractivity contribution in [1.82, 2.24) is 10.3 Å². The van der Waals surface area contributed by atoms with E-state index < -0.39 is 29.9 Å². The molecule has 0 spiro atoms. The van der Waals surface area contributed by atoms with Crippen molar-refractivity contribution < 1.29 is 28.6 Å². The number of anilines is 1. The van der Waals surface area contributed by atoms with Crippen LogP contribution in [-0.4, -0.2) is 40.0 Å². The molecule has 190 valence electrons. The fourth-order valence-electron chi connectivity index (χ4n) is 3.16. The molecule has 0 bridgehead atoms. The molecule has 0 aliphatic heterocycles. The van der Waals surface area contributed by atoms with E-state index in [2.05, 4.69) is 15.6 Å². The molecule has 3 aromatic rings. The van der Waals surface area contributed by atoms with Crippen molar-refractivity contribution in [3.05, 3.63) is 72.5 Å². The number of nitrogens with zero attached hydrogens (tertiary/aromatic N) is 1. The molecule has 1 aromatic heterocycles. The van der Waals surface area contributed by atoms with E-state index in [-0.39, 0.29) is 12.2 Å². The van der Waals surface area contributed by atoms with E-state index in [0.29, 0.717) is 23.0 Å². The summed E-state index contributed by atoms with van der Waals surface area (Å²) in [7, 11) is 0. The van der Waals surface area contributed by atoms with Crippen LogP contribution in [0.25, 0.3) is 11.3 Å². The maximum atomic E-state index is 13.1. The van der Waals surface area contributed by atoms with Crippen molar-refractivity contribution in [1.29, 1.82) is 0 Å². The maximum Gasteiger partial charge on any atom is 0.408 e. The number of rotatable bonds is 9. The quantitative estimate of drug-likeness (QED) is 0.326. The average molecular weight is 497 g/mol. The molecule has 0 saturated carbocycles. The van der Waals surface area contributed by atoms with E-state index in [1.807, 2.05) is 12.1 Å². The summed E-state index contributed by atoms with van der Waals surface area (Å²) in [4.78, 5) is 28.2. The van der Waals surface area contributed by atoms with Crippen molar-refractivity contribution in [3.8, 4) is 22.8 Å². The highest BCUT2D eigenvalue weighted by molar-refractivity contribution is 5.84. The summed E-state index contributed by atoms with van der Waals surface area (Å²) < 4.78 is 23.9. The van der Waals surface area contributed by atoms with Gasteiger partial charge < -0.3 is 30.9 Å². The number of aliphatic hydroxyl groups excluding tert-OH is 1. The third kappa shape index (κ3) is 8.24. The highest BCUT2D eigenvalue weighted by Crippen LogP contribution is 2.26. The first-order valence-corrected chi connectivity index (χ1v) is 11.2. The van der Waals surface area contributed by atoms with Crippen LogP contribution in [-0.2, 0) is 9.53 Å². The van der Waals surface area contributed by atoms with Crippen LogP contribution >= 0.6 is 0 Å². The van der Waals surface area contributed by atoms with Crippen molar-refractivity contribution >= 4 is 17.8 Å². The van der Waals surface area contributed by atoms with Crippen LogP contribution in [0.15, 0.2) is 66.7 Å². The van der Waals surface area contributed by atoms with E-state index in [9.17, 15) is 19.1 Å². The number of ether oxygens (including phenoxy) is 2. The van der Waals surface area contributed by atoms with Crippen molar-refractivity contribution in [2.45, 2.75) is 45.1 Å². The maximum absolute atomic E-state index is 13.1. The Kier molecular flexibility index (Phi) is 8.44. The molecule has 0 aliphatic carbocycles. The van der Waals surface area contributed by atoms with Gasteiger partial charge in [-0.2, -0.15) is 0 Å². The van der Waals surface area contributed by atoms with Crippen LogP contribution in [0.1, 0.15) is 27.2 Å². The van der Waals surface area contributed by atoms with Gasteiger partial charge in [0.1, 0.15) is 41.0 Å². The second-order valence-electron chi connectivity index (χ2n) is 8.99. The first kappa shape index (κ1) is 26.4. The van der Waals surface area contributed by atoms with Crippen LogP contribution in [0.3, 0.4) is 0 Å².